The molecule has 0 aliphatic rings. The van der Waals surface area contributed by atoms with Crippen LogP contribution in [0.2, 0.25) is 0 Å². The minimum Gasteiger partial charge on any atom is -0.434 e. The van der Waals surface area contributed by atoms with Crippen molar-refractivity contribution in [3.8, 4) is 51.4 Å². The summed E-state index contributed by atoms with van der Waals surface area (Å²) in [5.41, 5.74) is 15.8. The summed E-state index contributed by atoms with van der Waals surface area (Å²) >= 11 is 0. The van der Waals surface area contributed by atoms with Gasteiger partial charge in [-0.25, -0.2) is 15.0 Å². The van der Waals surface area contributed by atoms with Crippen molar-refractivity contribution in [2.75, 3.05) is 0 Å². The Morgan fingerprint density at radius 3 is 0.847 bits per heavy atom. The molecule has 0 unspecified atom stereocenters. The summed E-state index contributed by atoms with van der Waals surface area (Å²) in [7, 11) is 0. The Morgan fingerprint density at radius 2 is 0.542 bits per heavy atom. The van der Waals surface area contributed by atoms with Crippen LogP contribution in [0.3, 0.4) is 0 Å². The lowest BCUT2D eigenvalue weighted by Crippen LogP contribution is -2.03. The highest BCUT2D eigenvalue weighted by atomic mass is 16.4. The van der Waals surface area contributed by atoms with Crippen LogP contribution in [-0.4, -0.2) is 28.7 Å². The van der Waals surface area contributed by atoms with Crippen LogP contribution in [0, 0.1) is 0 Å². The van der Waals surface area contributed by atoms with Gasteiger partial charge in [0.25, 0.3) is 0 Å². The number of fused-ring (bicyclic) bond motifs is 15. The number of hydrogen-bond acceptors (Lipinski definition) is 6. The second kappa shape index (κ2) is 14.8. The maximum absolute atomic E-state index is 6.89. The molecule has 0 aliphatic heterocycles. The molecule has 0 N–H and O–H groups in total. The second-order valence-electron chi connectivity index (χ2n) is 18.4. The average Bonchev–Trinajstić information content (AvgIpc) is 4.31. The van der Waals surface area contributed by atoms with E-state index in [0.29, 0.717) is 34.4 Å². The van der Waals surface area contributed by atoms with Crippen LogP contribution in [0.5, 0.6) is 0 Å². The number of hydrogen-bond donors (Lipinski definition) is 0. The first-order chi connectivity index (χ1) is 35.7. The maximum Gasteiger partial charge on any atom is 0.227 e. The first kappa shape index (κ1) is 38.9. The second-order valence-corrected chi connectivity index (χ2v) is 18.4. The smallest absolute Gasteiger partial charge is 0.227 e. The molecular formula is C63H36N6O3. The Kier molecular flexibility index (Phi) is 7.98. The van der Waals surface area contributed by atoms with E-state index >= 15 is 0 Å². The fourth-order valence-corrected chi connectivity index (χ4v) is 11.2. The highest BCUT2D eigenvalue weighted by molar-refractivity contribution is 6.20. The Morgan fingerprint density at radius 1 is 0.264 bits per heavy atom. The zero-order chi connectivity index (χ0) is 47.0. The van der Waals surface area contributed by atoms with E-state index in [1.54, 1.807) is 0 Å². The number of nitrogens with zero attached hydrogens (tertiary/aromatic N) is 6. The molecule has 0 saturated heterocycles. The number of rotatable bonds is 6. The first-order valence-corrected chi connectivity index (χ1v) is 24.0. The Balaban J connectivity index is 1.06. The zero-order valence-corrected chi connectivity index (χ0v) is 38.2. The predicted molar refractivity (Wildman–Crippen MR) is 288 cm³/mol. The average molecular weight is 925 g/mol. The number of para-hydroxylation sites is 3. The molecule has 6 heterocycles. The number of benzene rings is 10. The van der Waals surface area contributed by atoms with Gasteiger partial charge in [-0.2, -0.15) is 0 Å². The molecule has 16 aromatic rings. The molecule has 0 radical (unpaired) electrons. The van der Waals surface area contributed by atoms with Crippen LogP contribution in [0.15, 0.2) is 232 Å². The third-order valence-corrected chi connectivity index (χ3v) is 14.3. The fraction of sp³-hybridized carbons (Fsp3) is 0. The van der Waals surface area contributed by atoms with Crippen LogP contribution in [0.4, 0.5) is 0 Å². The highest BCUT2D eigenvalue weighted by Gasteiger charge is 2.26. The van der Waals surface area contributed by atoms with Crippen LogP contribution in [0.1, 0.15) is 0 Å². The highest BCUT2D eigenvalue weighted by Crippen LogP contribution is 2.44. The van der Waals surface area contributed by atoms with Crippen molar-refractivity contribution in [2.45, 2.75) is 0 Å². The third kappa shape index (κ3) is 5.55. The van der Waals surface area contributed by atoms with Crippen molar-refractivity contribution >= 4 is 98.7 Å². The SMILES string of the molecule is c1ccc(-c2nc3ccc4c5ccccc5n(-c5cc(-n6c7ccccc7c7ccc8nc(-c9ccccc9)oc8c76)cc(-n6c7ccccc7c7ccc8nc(-c9ccccc9)oc8c76)c5)c4c3o2)cc1. The lowest BCUT2D eigenvalue weighted by molar-refractivity contribution is 0.621. The summed E-state index contributed by atoms with van der Waals surface area (Å²) in [4.78, 5) is 15.2. The standard InChI is InChI=1S/C63H36N6O3/c1-4-16-37(17-5-1)61-64-49-31-28-46-43-22-10-13-25-52(43)67(55(46)58(49)70-61)40-34-41(68-53-26-14-11-23-44(53)47-29-32-50-59(56(47)68)71-62(65-50)38-18-6-2-7-19-38)36-42(35-40)69-54-27-15-12-24-45(54)48-30-33-51-60(57(48)69)72-63(66-51)39-20-8-3-9-21-39/h1-36H. The van der Waals surface area contributed by atoms with Gasteiger partial charge in [0, 0.05) is 49.0 Å². The largest absolute Gasteiger partial charge is 0.434 e. The third-order valence-electron chi connectivity index (χ3n) is 14.3. The molecule has 16 rings (SSSR count). The van der Waals surface area contributed by atoms with E-state index < -0.39 is 0 Å². The number of aromatic nitrogens is 6. The fourth-order valence-electron chi connectivity index (χ4n) is 11.2. The molecular weight excluding hydrogens is 889 g/mol. The van der Waals surface area contributed by atoms with Gasteiger partial charge in [-0.1, -0.05) is 109 Å². The molecule has 0 aliphatic carbocycles. The minimum absolute atomic E-state index is 0.566. The molecule has 10 aromatic carbocycles. The Labute approximate surface area is 408 Å². The van der Waals surface area contributed by atoms with E-state index in [1.165, 1.54) is 0 Å². The molecule has 9 nitrogen and oxygen atoms in total. The quantitative estimate of drug-likeness (QED) is 0.165. The van der Waals surface area contributed by atoms with Gasteiger partial charge in [-0.15, -0.1) is 0 Å². The predicted octanol–water partition coefficient (Wildman–Crippen LogP) is 16.4. The van der Waals surface area contributed by atoms with Crippen molar-refractivity contribution in [2.24, 2.45) is 0 Å². The summed E-state index contributed by atoms with van der Waals surface area (Å²) in [6, 6.07) is 75.6. The molecule has 0 bridgehead atoms. The summed E-state index contributed by atoms with van der Waals surface area (Å²) in [6.45, 7) is 0. The molecule has 0 amide bonds. The monoisotopic (exact) mass is 924 g/mol. The van der Waals surface area contributed by atoms with Crippen molar-refractivity contribution in [3.63, 3.8) is 0 Å². The summed E-state index contributed by atoms with van der Waals surface area (Å²) in [5.74, 6) is 1.70. The van der Waals surface area contributed by atoms with E-state index in [9.17, 15) is 0 Å². The van der Waals surface area contributed by atoms with Gasteiger partial charge in [0.1, 0.15) is 16.6 Å². The lowest BCUT2D eigenvalue weighted by Gasteiger charge is -2.17. The van der Waals surface area contributed by atoms with Crippen molar-refractivity contribution in [1.82, 2.24) is 28.7 Å². The van der Waals surface area contributed by atoms with Gasteiger partial charge in [0.2, 0.25) is 17.7 Å². The van der Waals surface area contributed by atoms with E-state index in [2.05, 4.69) is 141 Å². The van der Waals surface area contributed by atoms with E-state index in [-0.39, 0.29) is 0 Å². The van der Waals surface area contributed by atoms with Gasteiger partial charge in [-0.05, 0) is 109 Å². The van der Waals surface area contributed by atoms with E-state index in [1.807, 2.05) is 91.0 Å². The molecule has 0 saturated carbocycles. The van der Waals surface area contributed by atoms with Gasteiger partial charge in [0.15, 0.2) is 16.7 Å². The lowest BCUT2D eigenvalue weighted by atomic mass is 10.1. The van der Waals surface area contributed by atoms with Gasteiger partial charge < -0.3 is 27.0 Å². The molecule has 0 atom stereocenters. The topological polar surface area (TPSA) is 92.9 Å². The van der Waals surface area contributed by atoms with Crippen molar-refractivity contribution in [1.29, 1.82) is 0 Å². The van der Waals surface area contributed by atoms with Crippen LogP contribution < -0.4 is 0 Å². The van der Waals surface area contributed by atoms with E-state index in [0.717, 1.165) is 116 Å². The van der Waals surface area contributed by atoms with E-state index in [4.69, 9.17) is 28.2 Å². The molecule has 0 spiro atoms. The summed E-state index contributed by atoms with van der Waals surface area (Å²) in [5, 5.41) is 6.47. The molecule has 72 heavy (non-hydrogen) atoms. The minimum atomic E-state index is 0.566. The Bertz CT molecular complexity index is 4360. The van der Waals surface area contributed by atoms with Gasteiger partial charge >= 0.3 is 0 Å². The number of oxazole rings is 3. The zero-order valence-electron chi connectivity index (χ0n) is 38.2. The summed E-state index contributed by atoms with van der Waals surface area (Å²) < 4.78 is 27.7. The molecule has 9 heteroatoms. The maximum atomic E-state index is 6.89. The first-order valence-electron chi connectivity index (χ1n) is 24.0. The van der Waals surface area contributed by atoms with Crippen molar-refractivity contribution < 1.29 is 13.3 Å². The van der Waals surface area contributed by atoms with Crippen LogP contribution in [-0.2, 0) is 0 Å². The normalized spacial score (nSPS) is 12.2. The molecule has 6 aromatic heterocycles. The van der Waals surface area contributed by atoms with Crippen LogP contribution >= 0.6 is 0 Å². The van der Waals surface area contributed by atoms with Crippen molar-refractivity contribution in [3.05, 3.63) is 218 Å². The van der Waals surface area contributed by atoms with Gasteiger partial charge in [0.05, 0.1) is 50.2 Å². The summed E-state index contributed by atoms with van der Waals surface area (Å²) in [6.07, 6.45) is 0. The Hall–Kier alpha value is -9.99. The van der Waals surface area contributed by atoms with Crippen LogP contribution in [0.25, 0.3) is 150 Å². The molecule has 0 fully saturated rings. The van der Waals surface area contributed by atoms with Gasteiger partial charge in [-0.3, -0.25) is 0 Å². The molecule has 336 valence electrons.